The second-order valence-corrected chi connectivity index (χ2v) is 8.23. The highest BCUT2D eigenvalue weighted by atomic mass is 79.9. The van der Waals surface area contributed by atoms with Gasteiger partial charge in [0.2, 0.25) is 0 Å². The molecule has 0 N–H and O–H groups in total. The lowest BCUT2D eigenvalue weighted by Gasteiger charge is -2.18. The van der Waals surface area contributed by atoms with E-state index in [1.54, 1.807) is 20.0 Å². The molecule has 1 rings (SSSR count). The number of thiazole rings is 1. The number of hydrogen-bond acceptors (Lipinski definition) is 4. The fourth-order valence-electron chi connectivity index (χ4n) is 0.691. The zero-order valence-corrected chi connectivity index (χ0v) is 10.8. The van der Waals surface area contributed by atoms with Crippen molar-refractivity contribution < 1.29 is 8.42 Å². The molecule has 1 aromatic heterocycles. The van der Waals surface area contributed by atoms with Gasteiger partial charge in [0.1, 0.15) is 9.75 Å². The second-order valence-electron chi connectivity index (χ2n) is 3.25. The first-order valence-electron chi connectivity index (χ1n) is 3.56. The summed E-state index contributed by atoms with van der Waals surface area (Å²) in [5.74, 6) is 0. The van der Waals surface area contributed by atoms with E-state index >= 15 is 0 Å². The summed E-state index contributed by atoms with van der Waals surface area (Å²) in [6.07, 6.45) is 2.84. The first-order chi connectivity index (χ1) is 5.75. The molecule has 1 aromatic rings. The molecule has 0 saturated carbocycles. The first kappa shape index (κ1) is 11.1. The van der Waals surface area contributed by atoms with Crippen LogP contribution in [-0.2, 0) is 14.6 Å². The molecule has 0 radical (unpaired) electrons. The van der Waals surface area contributed by atoms with Crippen molar-refractivity contribution in [2.45, 2.75) is 18.6 Å². The zero-order chi connectivity index (χ0) is 10.3. The van der Waals surface area contributed by atoms with Gasteiger partial charge in [-0.2, -0.15) is 0 Å². The summed E-state index contributed by atoms with van der Waals surface area (Å²) in [5, 5.41) is 0.613. The van der Waals surface area contributed by atoms with E-state index in [0.29, 0.717) is 5.01 Å². The Balaban J connectivity index is 3.23. The molecule has 6 heteroatoms. The van der Waals surface area contributed by atoms with Crippen LogP contribution in [0.4, 0.5) is 0 Å². The Morgan fingerprint density at radius 2 is 2.08 bits per heavy atom. The van der Waals surface area contributed by atoms with Crippen molar-refractivity contribution >= 4 is 37.1 Å². The minimum absolute atomic E-state index is 0.613. The molecule has 0 spiro atoms. The lowest BCUT2D eigenvalue weighted by atomic mass is 10.2. The van der Waals surface area contributed by atoms with Crippen molar-refractivity contribution in [2.75, 3.05) is 6.26 Å². The van der Waals surface area contributed by atoms with Gasteiger partial charge < -0.3 is 0 Å². The molecule has 0 atom stereocenters. The smallest absolute Gasteiger partial charge is 0.159 e. The van der Waals surface area contributed by atoms with Gasteiger partial charge in [-0.05, 0) is 29.8 Å². The standard InChI is InChI=1S/C7H10BrNO2S2/c1-7(2,13(3,10)11)6-9-4-5(8)12-6/h4H,1-3H3. The van der Waals surface area contributed by atoms with Gasteiger partial charge in [-0.1, -0.05) is 0 Å². The Bertz CT molecular complexity index is 408. The highest BCUT2D eigenvalue weighted by Gasteiger charge is 2.35. The summed E-state index contributed by atoms with van der Waals surface area (Å²) in [6, 6.07) is 0. The third-order valence-electron chi connectivity index (χ3n) is 1.92. The number of hydrogen-bond donors (Lipinski definition) is 0. The van der Waals surface area contributed by atoms with E-state index in [0.717, 1.165) is 3.79 Å². The summed E-state index contributed by atoms with van der Waals surface area (Å²) >= 11 is 4.60. The fraction of sp³-hybridized carbons (Fsp3) is 0.571. The molecule has 3 nitrogen and oxygen atoms in total. The van der Waals surface area contributed by atoms with Gasteiger partial charge in [-0.25, -0.2) is 13.4 Å². The molecule has 0 aliphatic carbocycles. The number of nitrogens with zero attached hydrogens (tertiary/aromatic N) is 1. The van der Waals surface area contributed by atoms with Crippen molar-refractivity contribution in [3.05, 3.63) is 15.0 Å². The largest absolute Gasteiger partial charge is 0.247 e. The average molecular weight is 284 g/mol. The molecular formula is C7H10BrNO2S2. The normalized spacial score (nSPS) is 13.2. The number of halogens is 1. The second kappa shape index (κ2) is 3.33. The molecule has 0 aliphatic rings. The predicted molar refractivity (Wildman–Crippen MR) is 57.7 cm³/mol. The molecule has 74 valence electrons. The van der Waals surface area contributed by atoms with E-state index in [4.69, 9.17) is 0 Å². The summed E-state index contributed by atoms with van der Waals surface area (Å²) in [4.78, 5) is 4.05. The Labute approximate surface area is 90.2 Å². The summed E-state index contributed by atoms with van der Waals surface area (Å²) in [5.41, 5.74) is 0. The third-order valence-corrected chi connectivity index (χ3v) is 5.90. The van der Waals surface area contributed by atoms with E-state index in [1.165, 1.54) is 17.6 Å². The molecule has 0 aliphatic heterocycles. The van der Waals surface area contributed by atoms with Crippen LogP contribution in [0, 0.1) is 0 Å². The van der Waals surface area contributed by atoms with Crippen molar-refractivity contribution in [2.24, 2.45) is 0 Å². The van der Waals surface area contributed by atoms with E-state index in [1.807, 2.05) is 0 Å². The van der Waals surface area contributed by atoms with Crippen molar-refractivity contribution in [1.29, 1.82) is 0 Å². The monoisotopic (exact) mass is 283 g/mol. The summed E-state index contributed by atoms with van der Waals surface area (Å²) in [7, 11) is -3.12. The third kappa shape index (κ3) is 2.11. The topological polar surface area (TPSA) is 47.0 Å². The molecule has 0 fully saturated rings. The van der Waals surface area contributed by atoms with Gasteiger partial charge >= 0.3 is 0 Å². The van der Waals surface area contributed by atoms with Gasteiger partial charge in [0.05, 0.1) is 9.98 Å². The van der Waals surface area contributed by atoms with Crippen molar-refractivity contribution in [3.63, 3.8) is 0 Å². The quantitative estimate of drug-likeness (QED) is 0.836. The van der Waals surface area contributed by atoms with Crippen LogP contribution in [0.3, 0.4) is 0 Å². The van der Waals surface area contributed by atoms with Crippen LogP contribution in [0.25, 0.3) is 0 Å². The molecule has 13 heavy (non-hydrogen) atoms. The van der Waals surface area contributed by atoms with Gasteiger partial charge in [0, 0.05) is 6.26 Å². The molecule has 0 bridgehead atoms. The lowest BCUT2D eigenvalue weighted by molar-refractivity contribution is 0.560. The molecule has 1 heterocycles. The van der Waals surface area contributed by atoms with Crippen LogP contribution < -0.4 is 0 Å². The van der Waals surface area contributed by atoms with Crippen molar-refractivity contribution in [3.8, 4) is 0 Å². The Morgan fingerprint density at radius 1 is 1.54 bits per heavy atom. The molecule has 0 saturated heterocycles. The van der Waals surface area contributed by atoms with E-state index < -0.39 is 14.6 Å². The van der Waals surface area contributed by atoms with Crippen LogP contribution in [0.5, 0.6) is 0 Å². The zero-order valence-electron chi connectivity index (χ0n) is 7.54. The summed E-state index contributed by atoms with van der Waals surface area (Å²) < 4.78 is 22.8. The molecule has 0 aromatic carbocycles. The SMILES string of the molecule is CC(C)(c1ncc(Br)s1)S(C)(=O)=O. The first-order valence-corrected chi connectivity index (χ1v) is 7.06. The van der Waals surface area contributed by atoms with E-state index in [2.05, 4.69) is 20.9 Å². The number of sulfone groups is 1. The van der Waals surface area contributed by atoms with E-state index in [-0.39, 0.29) is 0 Å². The van der Waals surface area contributed by atoms with Crippen LogP contribution in [-0.4, -0.2) is 19.7 Å². The van der Waals surface area contributed by atoms with E-state index in [9.17, 15) is 8.42 Å². The van der Waals surface area contributed by atoms with Crippen LogP contribution in [0.2, 0.25) is 0 Å². The maximum atomic E-state index is 11.4. The highest BCUT2D eigenvalue weighted by Crippen LogP contribution is 2.33. The molecular weight excluding hydrogens is 274 g/mol. The van der Waals surface area contributed by atoms with Gasteiger partial charge in [0.15, 0.2) is 9.84 Å². The van der Waals surface area contributed by atoms with Gasteiger partial charge in [-0.15, -0.1) is 11.3 Å². The molecule has 0 amide bonds. The van der Waals surface area contributed by atoms with Crippen LogP contribution in [0.15, 0.2) is 9.98 Å². The Kier molecular flexibility index (Phi) is 2.85. The maximum absolute atomic E-state index is 11.4. The Hall–Kier alpha value is 0.0600. The van der Waals surface area contributed by atoms with Gasteiger partial charge in [0.25, 0.3) is 0 Å². The van der Waals surface area contributed by atoms with Gasteiger partial charge in [-0.3, -0.25) is 0 Å². The predicted octanol–water partition coefficient (Wildman–Crippen LogP) is 2.19. The number of rotatable bonds is 2. The van der Waals surface area contributed by atoms with Crippen LogP contribution >= 0.6 is 27.3 Å². The van der Waals surface area contributed by atoms with Crippen molar-refractivity contribution in [1.82, 2.24) is 4.98 Å². The number of aromatic nitrogens is 1. The fourth-order valence-corrected chi connectivity index (χ4v) is 2.84. The minimum Gasteiger partial charge on any atom is -0.247 e. The minimum atomic E-state index is -3.12. The Morgan fingerprint density at radius 3 is 2.38 bits per heavy atom. The lowest BCUT2D eigenvalue weighted by Crippen LogP contribution is -2.27. The summed E-state index contributed by atoms with van der Waals surface area (Å²) in [6.45, 7) is 3.32. The average Bonchev–Trinajstić information content (AvgIpc) is 2.33. The van der Waals surface area contributed by atoms with Crippen LogP contribution in [0.1, 0.15) is 18.9 Å². The highest BCUT2D eigenvalue weighted by molar-refractivity contribution is 9.11. The maximum Gasteiger partial charge on any atom is 0.159 e. The molecule has 0 unspecified atom stereocenters.